The molecule has 0 amide bonds. The second-order valence-corrected chi connectivity index (χ2v) is 5.30. The number of carbonyl (C=O) groups excluding carboxylic acids is 1. The Bertz CT molecular complexity index is 552. The molecule has 1 heterocycles. The zero-order chi connectivity index (χ0) is 17.2. The van der Waals surface area contributed by atoms with Crippen LogP contribution in [-0.4, -0.2) is 64.0 Å². The van der Waals surface area contributed by atoms with E-state index in [1.807, 2.05) is 18.2 Å². The molecular formula is C18H25NO5. The van der Waals surface area contributed by atoms with E-state index in [1.165, 1.54) is 6.08 Å². The topological polar surface area (TPSA) is 57.2 Å². The maximum Gasteiger partial charge on any atom is 0.330 e. The Balaban J connectivity index is 1.89. The summed E-state index contributed by atoms with van der Waals surface area (Å²) in [7, 11) is 1.60. The van der Waals surface area contributed by atoms with Crippen LogP contribution < -0.4 is 9.47 Å². The van der Waals surface area contributed by atoms with Crippen LogP contribution in [0.3, 0.4) is 0 Å². The number of morpholine rings is 1. The third kappa shape index (κ3) is 5.86. The SMILES string of the molecule is CCOC(=O)/C=C/c1ccc(OCCN2CCOCC2)c(OC)c1. The summed E-state index contributed by atoms with van der Waals surface area (Å²) >= 11 is 0. The molecule has 6 nitrogen and oxygen atoms in total. The molecule has 0 N–H and O–H groups in total. The van der Waals surface area contributed by atoms with E-state index >= 15 is 0 Å². The minimum absolute atomic E-state index is 0.359. The number of nitrogens with zero attached hydrogens (tertiary/aromatic N) is 1. The van der Waals surface area contributed by atoms with E-state index in [4.69, 9.17) is 18.9 Å². The second kappa shape index (κ2) is 9.95. The number of hydrogen-bond donors (Lipinski definition) is 0. The highest BCUT2D eigenvalue weighted by molar-refractivity contribution is 5.87. The summed E-state index contributed by atoms with van der Waals surface area (Å²) < 4.78 is 21.4. The first-order valence-electron chi connectivity index (χ1n) is 8.18. The van der Waals surface area contributed by atoms with Gasteiger partial charge in [-0.1, -0.05) is 6.07 Å². The van der Waals surface area contributed by atoms with Crippen LogP contribution in [0.25, 0.3) is 6.08 Å². The monoisotopic (exact) mass is 335 g/mol. The molecule has 1 aromatic carbocycles. The Morgan fingerprint density at radius 2 is 2.08 bits per heavy atom. The average molecular weight is 335 g/mol. The van der Waals surface area contributed by atoms with E-state index in [0.29, 0.717) is 24.7 Å². The van der Waals surface area contributed by atoms with Crippen molar-refractivity contribution in [2.75, 3.05) is 53.2 Å². The summed E-state index contributed by atoms with van der Waals surface area (Å²) in [5, 5.41) is 0. The molecule has 132 valence electrons. The molecule has 1 aliphatic heterocycles. The highest BCUT2D eigenvalue weighted by Gasteiger charge is 2.11. The summed E-state index contributed by atoms with van der Waals surface area (Å²) in [6, 6.07) is 5.56. The molecular weight excluding hydrogens is 310 g/mol. The smallest absolute Gasteiger partial charge is 0.330 e. The number of methoxy groups -OCH3 is 1. The van der Waals surface area contributed by atoms with Gasteiger partial charge in [-0.2, -0.15) is 0 Å². The quantitative estimate of drug-likeness (QED) is 0.535. The van der Waals surface area contributed by atoms with Crippen LogP contribution in [0.2, 0.25) is 0 Å². The Labute approximate surface area is 142 Å². The molecule has 0 unspecified atom stereocenters. The zero-order valence-electron chi connectivity index (χ0n) is 14.3. The van der Waals surface area contributed by atoms with E-state index in [9.17, 15) is 4.79 Å². The minimum Gasteiger partial charge on any atom is -0.493 e. The molecule has 24 heavy (non-hydrogen) atoms. The molecule has 1 aromatic rings. The van der Waals surface area contributed by atoms with Gasteiger partial charge < -0.3 is 18.9 Å². The fraction of sp³-hybridized carbons (Fsp3) is 0.500. The number of hydrogen-bond acceptors (Lipinski definition) is 6. The first kappa shape index (κ1) is 18.3. The highest BCUT2D eigenvalue weighted by Crippen LogP contribution is 2.28. The summed E-state index contributed by atoms with van der Waals surface area (Å²) in [6.45, 7) is 7.04. The van der Waals surface area contributed by atoms with Crippen LogP contribution >= 0.6 is 0 Å². The molecule has 0 spiro atoms. The van der Waals surface area contributed by atoms with Crippen molar-refractivity contribution in [3.8, 4) is 11.5 Å². The van der Waals surface area contributed by atoms with E-state index in [2.05, 4.69) is 4.90 Å². The maximum atomic E-state index is 11.4. The van der Waals surface area contributed by atoms with Gasteiger partial charge in [0.1, 0.15) is 6.61 Å². The second-order valence-electron chi connectivity index (χ2n) is 5.30. The van der Waals surface area contributed by atoms with Gasteiger partial charge >= 0.3 is 5.97 Å². The Morgan fingerprint density at radius 1 is 1.29 bits per heavy atom. The molecule has 6 heteroatoms. The number of ether oxygens (including phenoxy) is 4. The number of carbonyl (C=O) groups is 1. The molecule has 2 rings (SSSR count). The van der Waals surface area contributed by atoms with Crippen molar-refractivity contribution in [2.45, 2.75) is 6.92 Å². The van der Waals surface area contributed by atoms with Crippen LogP contribution in [0.5, 0.6) is 11.5 Å². The fourth-order valence-corrected chi connectivity index (χ4v) is 2.37. The van der Waals surface area contributed by atoms with Gasteiger partial charge in [-0.25, -0.2) is 4.79 Å². The van der Waals surface area contributed by atoms with Crippen molar-refractivity contribution in [3.05, 3.63) is 29.8 Å². The maximum absolute atomic E-state index is 11.4. The molecule has 1 aliphatic rings. The molecule has 0 aliphatic carbocycles. The van der Waals surface area contributed by atoms with Crippen LogP contribution in [0.4, 0.5) is 0 Å². The van der Waals surface area contributed by atoms with Crippen LogP contribution in [0.1, 0.15) is 12.5 Å². The fourth-order valence-electron chi connectivity index (χ4n) is 2.37. The first-order valence-corrected chi connectivity index (χ1v) is 8.18. The van der Waals surface area contributed by atoms with Crippen molar-refractivity contribution in [1.82, 2.24) is 4.90 Å². The highest BCUT2D eigenvalue weighted by atomic mass is 16.5. The lowest BCUT2D eigenvalue weighted by Crippen LogP contribution is -2.38. The molecule has 0 radical (unpaired) electrons. The summed E-state index contributed by atoms with van der Waals surface area (Å²) in [4.78, 5) is 13.7. The zero-order valence-corrected chi connectivity index (χ0v) is 14.3. The predicted octanol–water partition coefficient (Wildman–Crippen LogP) is 1.98. The summed E-state index contributed by atoms with van der Waals surface area (Å²) in [6.07, 6.45) is 3.09. The predicted molar refractivity (Wildman–Crippen MR) is 91.4 cm³/mol. The molecule has 0 aromatic heterocycles. The number of rotatable bonds is 8. The standard InChI is InChI=1S/C18H25NO5/c1-3-23-18(20)7-5-15-4-6-16(17(14-15)21-2)24-13-10-19-8-11-22-12-9-19/h4-7,14H,3,8-13H2,1-2H3/b7-5+. The normalized spacial score (nSPS) is 15.4. The van der Waals surface area contributed by atoms with Crippen molar-refractivity contribution in [3.63, 3.8) is 0 Å². The number of benzene rings is 1. The molecule has 0 atom stereocenters. The molecule has 1 fully saturated rings. The van der Waals surface area contributed by atoms with Gasteiger partial charge in [-0.15, -0.1) is 0 Å². The largest absolute Gasteiger partial charge is 0.493 e. The molecule has 1 saturated heterocycles. The van der Waals surface area contributed by atoms with Gasteiger partial charge in [0.2, 0.25) is 0 Å². The lowest BCUT2D eigenvalue weighted by atomic mass is 10.2. The van der Waals surface area contributed by atoms with Gasteiger partial charge in [0.25, 0.3) is 0 Å². The van der Waals surface area contributed by atoms with Crippen molar-refractivity contribution in [2.24, 2.45) is 0 Å². The lowest BCUT2D eigenvalue weighted by molar-refractivity contribution is -0.137. The Hall–Kier alpha value is -2.05. The van der Waals surface area contributed by atoms with Crippen molar-refractivity contribution in [1.29, 1.82) is 0 Å². The van der Waals surface area contributed by atoms with Crippen LogP contribution in [0.15, 0.2) is 24.3 Å². The molecule has 0 saturated carbocycles. The van der Waals surface area contributed by atoms with Gasteiger partial charge in [-0.3, -0.25) is 4.90 Å². The summed E-state index contributed by atoms with van der Waals surface area (Å²) in [5.74, 6) is 0.976. The number of esters is 1. The van der Waals surface area contributed by atoms with Gasteiger partial charge in [0.05, 0.1) is 26.9 Å². The minimum atomic E-state index is -0.359. The van der Waals surface area contributed by atoms with Crippen molar-refractivity contribution >= 4 is 12.0 Å². The first-order chi connectivity index (χ1) is 11.7. The lowest BCUT2D eigenvalue weighted by Gasteiger charge is -2.26. The van der Waals surface area contributed by atoms with Crippen LogP contribution in [-0.2, 0) is 14.3 Å². The van der Waals surface area contributed by atoms with Gasteiger partial charge in [0.15, 0.2) is 11.5 Å². The van der Waals surface area contributed by atoms with E-state index in [-0.39, 0.29) is 5.97 Å². The summed E-state index contributed by atoms with van der Waals surface area (Å²) in [5.41, 5.74) is 0.848. The third-order valence-corrected chi connectivity index (χ3v) is 3.65. The Kier molecular flexibility index (Phi) is 7.58. The van der Waals surface area contributed by atoms with Crippen LogP contribution in [0, 0.1) is 0 Å². The van der Waals surface area contributed by atoms with E-state index < -0.39 is 0 Å². The van der Waals surface area contributed by atoms with Gasteiger partial charge in [-0.05, 0) is 30.7 Å². The Morgan fingerprint density at radius 3 is 2.79 bits per heavy atom. The van der Waals surface area contributed by atoms with Gasteiger partial charge in [0, 0.05) is 25.7 Å². The average Bonchev–Trinajstić information content (AvgIpc) is 2.62. The van der Waals surface area contributed by atoms with E-state index in [1.54, 1.807) is 20.1 Å². The molecule has 0 bridgehead atoms. The van der Waals surface area contributed by atoms with Crippen molar-refractivity contribution < 1.29 is 23.7 Å². The van der Waals surface area contributed by atoms with E-state index in [0.717, 1.165) is 38.4 Å². The third-order valence-electron chi connectivity index (χ3n) is 3.65.